The topological polar surface area (TPSA) is 87.2 Å². The van der Waals surface area contributed by atoms with Crippen LogP contribution in [0.25, 0.3) is 0 Å². The van der Waals surface area contributed by atoms with Gasteiger partial charge in [-0.25, -0.2) is 4.39 Å². The summed E-state index contributed by atoms with van der Waals surface area (Å²) >= 11 is 0. The molecule has 0 radical (unpaired) electrons. The predicted molar refractivity (Wildman–Crippen MR) is 91.4 cm³/mol. The van der Waals surface area contributed by atoms with Crippen LogP contribution in [0.3, 0.4) is 0 Å². The lowest BCUT2D eigenvalue weighted by atomic mass is 10.1. The molecule has 0 aromatic heterocycles. The predicted octanol–water partition coefficient (Wildman–Crippen LogP) is 0.268. The monoisotopic (exact) mass is 377 g/mol. The maximum absolute atomic E-state index is 14.1. The number of imide groups is 1. The van der Waals surface area contributed by atoms with Crippen LogP contribution < -0.4 is 4.74 Å². The fourth-order valence-corrected chi connectivity index (χ4v) is 3.16. The van der Waals surface area contributed by atoms with E-state index in [-0.39, 0.29) is 68.9 Å². The molecule has 9 heteroatoms. The second-order valence-electron chi connectivity index (χ2n) is 6.39. The Balaban J connectivity index is 1.57. The SMILES string of the molecule is COc1ccc(C(=O)N2CCN(C(=O)CN3C(=O)CCC3=O)CC2)c(F)c1. The molecule has 1 aromatic carbocycles. The van der Waals surface area contributed by atoms with Crippen molar-refractivity contribution < 1.29 is 28.3 Å². The molecule has 2 fully saturated rings. The van der Waals surface area contributed by atoms with Gasteiger partial charge >= 0.3 is 0 Å². The molecule has 0 spiro atoms. The molecule has 2 aliphatic rings. The number of rotatable bonds is 4. The Morgan fingerprint density at radius 2 is 1.63 bits per heavy atom. The smallest absolute Gasteiger partial charge is 0.256 e. The minimum Gasteiger partial charge on any atom is -0.497 e. The summed E-state index contributed by atoms with van der Waals surface area (Å²) in [5.74, 6) is -1.79. The second-order valence-corrected chi connectivity index (χ2v) is 6.39. The number of methoxy groups -OCH3 is 1. The van der Waals surface area contributed by atoms with Crippen molar-refractivity contribution in [2.45, 2.75) is 12.8 Å². The molecule has 0 bridgehead atoms. The lowest BCUT2D eigenvalue weighted by Gasteiger charge is -2.35. The second kappa shape index (κ2) is 7.73. The van der Waals surface area contributed by atoms with Crippen LogP contribution in [0.5, 0.6) is 5.75 Å². The number of halogens is 1. The molecular formula is C18H20FN3O5. The quantitative estimate of drug-likeness (QED) is 0.703. The summed E-state index contributed by atoms with van der Waals surface area (Å²) in [6.45, 7) is 0.756. The van der Waals surface area contributed by atoms with E-state index in [1.807, 2.05) is 0 Å². The molecule has 144 valence electrons. The van der Waals surface area contributed by atoms with Gasteiger partial charge in [0, 0.05) is 45.1 Å². The van der Waals surface area contributed by atoms with E-state index >= 15 is 0 Å². The van der Waals surface area contributed by atoms with Gasteiger partial charge in [0.25, 0.3) is 5.91 Å². The van der Waals surface area contributed by atoms with Gasteiger partial charge in [-0.05, 0) is 12.1 Å². The average Bonchev–Trinajstić information content (AvgIpc) is 2.99. The molecular weight excluding hydrogens is 357 g/mol. The number of nitrogens with zero attached hydrogens (tertiary/aromatic N) is 3. The largest absolute Gasteiger partial charge is 0.497 e. The van der Waals surface area contributed by atoms with Gasteiger partial charge in [-0.3, -0.25) is 24.1 Å². The zero-order chi connectivity index (χ0) is 19.6. The first-order chi connectivity index (χ1) is 12.9. The summed E-state index contributed by atoms with van der Waals surface area (Å²) in [7, 11) is 1.41. The molecule has 2 saturated heterocycles. The molecule has 0 unspecified atom stereocenters. The fourth-order valence-electron chi connectivity index (χ4n) is 3.16. The maximum atomic E-state index is 14.1. The first-order valence-corrected chi connectivity index (χ1v) is 8.64. The highest BCUT2D eigenvalue weighted by atomic mass is 19.1. The Hall–Kier alpha value is -2.97. The third-order valence-electron chi connectivity index (χ3n) is 4.77. The van der Waals surface area contributed by atoms with Crippen molar-refractivity contribution in [3.63, 3.8) is 0 Å². The van der Waals surface area contributed by atoms with Crippen LogP contribution in [-0.2, 0) is 14.4 Å². The number of hydrogen-bond acceptors (Lipinski definition) is 5. The van der Waals surface area contributed by atoms with E-state index in [2.05, 4.69) is 0 Å². The van der Waals surface area contributed by atoms with Crippen molar-refractivity contribution in [2.75, 3.05) is 39.8 Å². The minimum absolute atomic E-state index is 0.0520. The van der Waals surface area contributed by atoms with E-state index in [9.17, 15) is 23.6 Å². The zero-order valence-electron chi connectivity index (χ0n) is 14.9. The Morgan fingerprint density at radius 1 is 1.04 bits per heavy atom. The number of benzene rings is 1. The van der Waals surface area contributed by atoms with Crippen molar-refractivity contribution in [1.29, 1.82) is 0 Å². The number of hydrogen-bond donors (Lipinski definition) is 0. The van der Waals surface area contributed by atoms with Crippen molar-refractivity contribution >= 4 is 23.6 Å². The molecule has 2 heterocycles. The maximum Gasteiger partial charge on any atom is 0.256 e. The lowest BCUT2D eigenvalue weighted by molar-refractivity contribution is -0.146. The number of carbonyl (C=O) groups is 4. The Kier molecular flexibility index (Phi) is 5.38. The average molecular weight is 377 g/mol. The van der Waals surface area contributed by atoms with Gasteiger partial charge in [0.05, 0.1) is 12.7 Å². The van der Waals surface area contributed by atoms with Gasteiger partial charge in [0.2, 0.25) is 17.7 Å². The molecule has 0 atom stereocenters. The van der Waals surface area contributed by atoms with Gasteiger partial charge in [0.15, 0.2) is 0 Å². The van der Waals surface area contributed by atoms with E-state index in [0.717, 1.165) is 11.0 Å². The molecule has 0 saturated carbocycles. The third-order valence-corrected chi connectivity index (χ3v) is 4.77. The Morgan fingerprint density at radius 3 is 2.19 bits per heavy atom. The Labute approximate surface area is 155 Å². The van der Waals surface area contributed by atoms with E-state index in [0.29, 0.717) is 5.75 Å². The van der Waals surface area contributed by atoms with Gasteiger partial charge in [-0.2, -0.15) is 0 Å². The third kappa shape index (κ3) is 3.91. The first kappa shape index (κ1) is 18.8. The van der Waals surface area contributed by atoms with E-state index < -0.39 is 11.7 Å². The highest BCUT2D eigenvalue weighted by Gasteiger charge is 2.33. The van der Waals surface area contributed by atoms with Crippen molar-refractivity contribution in [3.8, 4) is 5.75 Å². The molecule has 4 amide bonds. The normalized spacial score (nSPS) is 17.5. The van der Waals surface area contributed by atoms with Crippen LogP contribution in [0.4, 0.5) is 4.39 Å². The van der Waals surface area contributed by atoms with Gasteiger partial charge in [0.1, 0.15) is 18.1 Å². The summed E-state index contributed by atoms with van der Waals surface area (Å²) in [5, 5.41) is 0. The summed E-state index contributed by atoms with van der Waals surface area (Å²) in [6.07, 6.45) is 0.281. The molecule has 0 N–H and O–H groups in total. The van der Waals surface area contributed by atoms with Gasteiger partial charge in [-0.15, -0.1) is 0 Å². The van der Waals surface area contributed by atoms with Gasteiger partial charge < -0.3 is 14.5 Å². The number of carbonyl (C=O) groups excluding carboxylic acids is 4. The molecule has 2 aliphatic heterocycles. The van der Waals surface area contributed by atoms with Crippen LogP contribution in [-0.4, -0.2) is 78.2 Å². The summed E-state index contributed by atoms with van der Waals surface area (Å²) < 4.78 is 19.0. The summed E-state index contributed by atoms with van der Waals surface area (Å²) in [4.78, 5) is 52.0. The minimum atomic E-state index is -0.663. The lowest BCUT2D eigenvalue weighted by Crippen LogP contribution is -2.53. The molecule has 8 nitrogen and oxygen atoms in total. The van der Waals surface area contributed by atoms with Crippen LogP contribution in [0.1, 0.15) is 23.2 Å². The Bertz CT molecular complexity index is 773. The van der Waals surface area contributed by atoms with Crippen LogP contribution in [0.2, 0.25) is 0 Å². The van der Waals surface area contributed by atoms with Crippen molar-refractivity contribution in [3.05, 3.63) is 29.6 Å². The highest BCUT2D eigenvalue weighted by molar-refractivity contribution is 6.04. The van der Waals surface area contributed by atoms with E-state index in [4.69, 9.17) is 4.74 Å². The van der Waals surface area contributed by atoms with Crippen LogP contribution in [0, 0.1) is 5.82 Å². The van der Waals surface area contributed by atoms with E-state index in [1.165, 1.54) is 29.0 Å². The van der Waals surface area contributed by atoms with E-state index in [1.54, 1.807) is 0 Å². The van der Waals surface area contributed by atoms with Gasteiger partial charge in [-0.1, -0.05) is 0 Å². The van der Waals surface area contributed by atoms with Crippen molar-refractivity contribution in [1.82, 2.24) is 14.7 Å². The van der Waals surface area contributed by atoms with Crippen LogP contribution >= 0.6 is 0 Å². The molecule has 1 aromatic rings. The number of ether oxygens (including phenoxy) is 1. The first-order valence-electron chi connectivity index (χ1n) is 8.64. The fraction of sp³-hybridized carbons (Fsp3) is 0.444. The van der Waals surface area contributed by atoms with Crippen molar-refractivity contribution in [2.24, 2.45) is 0 Å². The molecule has 27 heavy (non-hydrogen) atoms. The summed E-state index contributed by atoms with van der Waals surface area (Å²) in [5.41, 5.74) is -0.0520. The highest BCUT2D eigenvalue weighted by Crippen LogP contribution is 2.19. The standard InChI is InChI=1S/C18H20FN3O5/c1-27-12-2-3-13(14(19)10-12)18(26)21-8-6-20(7-9-21)17(25)11-22-15(23)4-5-16(22)24/h2-3,10H,4-9,11H2,1H3. The zero-order valence-corrected chi connectivity index (χ0v) is 14.9. The summed E-state index contributed by atoms with van der Waals surface area (Å²) in [6, 6.07) is 4.04. The number of piperazine rings is 1. The molecule has 3 rings (SSSR count). The van der Waals surface area contributed by atoms with Crippen LogP contribution in [0.15, 0.2) is 18.2 Å². The number of amides is 4. The number of likely N-dealkylation sites (tertiary alicyclic amines) is 1. The molecule has 0 aliphatic carbocycles.